The third-order valence-corrected chi connectivity index (χ3v) is 4.53. The van der Waals surface area contributed by atoms with Crippen molar-refractivity contribution in [2.45, 2.75) is 39.3 Å². The Morgan fingerprint density at radius 2 is 2.26 bits per heavy atom. The molecule has 1 N–H and O–H groups in total. The number of nitrogens with zero attached hydrogens (tertiary/aromatic N) is 1. The van der Waals surface area contributed by atoms with Crippen LogP contribution in [0.4, 0.5) is 0 Å². The van der Waals surface area contributed by atoms with Gasteiger partial charge in [0.2, 0.25) is 5.89 Å². The minimum Gasteiger partial charge on any atom is -0.444 e. The lowest BCUT2D eigenvalue weighted by molar-refractivity contribution is 0.423. The van der Waals surface area contributed by atoms with Crippen LogP contribution < -0.4 is 5.32 Å². The van der Waals surface area contributed by atoms with Gasteiger partial charge in [0.05, 0.1) is 12.2 Å². The summed E-state index contributed by atoms with van der Waals surface area (Å²) in [5, 5.41) is 3.54. The third-order valence-electron chi connectivity index (χ3n) is 3.79. The first kappa shape index (κ1) is 12.9. The van der Waals surface area contributed by atoms with E-state index in [1.807, 2.05) is 13.8 Å². The Labute approximate surface area is 121 Å². The summed E-state index contributed by atoms with van der Waals surface area (Å²) < 4.78 is 6.82. The standard InChI is InChI=1S/C15H17BrN2O/c1-9-10(2)19-15(18-9)8-17-14-7-6-11-12(14)4-3-5-13(11)16/h3-5,14,17H,6-8H2,1-2H3. The predicted octanol–water partition coefficient (Wildman–Crippen LogP) is 3.83. The molecular weight excluding hydrogens is 304 g/mol. The summed E-state index contributed by atoms with van der Waals surface area (Å²) >= 11 is 3.63. The van der Waals surface area contributed by atoms with Crippen molar-refractivity contribution in [2.75, 3.05) is 0 Å². The number of aromatic nitrogens is 1. The zero-order valence-corrected chi connectivity index (χ0v) is 12.8. The first-order valence-electron chi connectivity index (χ1n) is 6.58. The summed E-state index contributed by atoms with van der Waals surface area (Å²) in [4.78, 5) is 4.41. The molecule has 100 valence electrons. The maximum atomic E-state index is 5.60. The van der Waals surface area contributed by atoms with E-state index in [1.54, 1.807) is 0 Å². The predicted molar refractivity (Wildman–Crippen MR) is 78.0 cm³/mol. The van der Waals surface area contributed by atoms with E-state index in [1.165, 1.54) is 15.6 Å². The van der Waals surface area contributed by atoms with Crippen LogP contribution in [0.3, 0.4) is 0 Å². The summed E-state index contributed by atoms with van der Waals surface area (Å²) in [6.07, 6.45) is 2.26. The number of halogens is 1. The molecule has 0 bridgehead atoms. The highest BCUT2D eigenvalue weighted by molar-refractivity contribution is 9.10. The third kappa shape index (κ3) is 2.47. The fraction of sp³-hybridized carbons (Fsp3) is 0.400. The largest absolute Gasteiger partial charge is 0.444 e. The van der Waals surface area contributed by atoms with Crippen LogP contribution in [0.1, 0.15) is 40.9 Å². The fourth-order valence-corrected chi connectivity index (χ4v) is 3.23. The molecule has 1 atom stereocenters. The molecule has 0 amide bonds. The molecule has 1 unspecified atom stereocenters. The molecular formula is C15H17BrN2O. The van der Waals surface area contributed by atoms with E-state index in [-0.39, 0.29) is 0 Å². The topological polar surface area (TPSA) is 38.1 Å². The van der Waals surface area contributed by atoms with Crippen LogP contribution in [-0.2, 0) is 13.0 Å². The van der Waals surface area contributed by atoms with E-state index >= 15 is 0 Å². The molecule has 0 saturated carbocycles. The van der Waals surface area contributed by atoms with Crippen LogP contribution in [0.15, 0.2) is 27.1 Å². The second-order valence-electron chi connectivity index (χ2n) is 5.03. The molecule has 4 heteroatoms. The van der Waals surface area contributed by atoms with Crippen LogP contribution in [0.5, 0.6) is 0 Å². The van der Waals surface area contributed by atoms with Crippen LogP contribution in [0.2, 0.25) is 0 Å². The number of benzene rings is 1. The summed E-state index contributed by atoms with van der Waals surface area (Å²) in [5.41, 5.74) is 3.81. The Hall–Kier alpha value is -1.13. The van der Waals surface area contributed by atoms with Crippen molar-refractivity contribution in [3.05, 3.63) is 51.1 Å². The average molecular weight is 321 g/mol. The first-order chi connectivity index (χ1) is 9.15. The summed E-state index contributed by atoms with van der Waals surface area (Å²) in [5.74, 6) is 1.69. The van der Waals surface area contributed by atoms with E-state index in [0.29, 0.717) is 12.6 Å². The zero-order valence-electron chi connectivity index (χ0n) is 11.2. The number of rotatable bonds is 3. The fourth-order valence-electron chi connectivity index (χ4n) is 2.65. The highest BCUT2D eigenvalue weighted by Crippen LogP contribution is 2.35. The molecule has 3 rings (SSSR count). The van der Waals surface area contributed by atoms with Crippen LogP contribution in [0, 0.1) is 13.8 Å². The highest BCUT2D eigenvalue weighted by Gasteiger charge is 2.23. The van der Waals surface area contributed by atoms with Crippen molar-refractivity contribution in [3.8, 4) is 0 Å². The Bertz CT molecular complexity index is 587. The smallest absolute Gasteiger partial charge is 0.208 e. The van der Waals surface area contributed by atoms with Gasteiger partial charge in [-0.15, -0.1) is 0 Å². The van der Waals surface area contributed by atoms with Gasteiger partial charge in [0.25, 0.3) is 0 Å². The van der Waals surface area contributed by atoms with Gasteiger partial charge in [0.15, 0.2) is 0 Å². The van der Waals surface area contributed by atoms with Gasteiger partial charge in [-0.3, -0.25) is 0 Å². The molecule has 1 aliphatic carbocycles. The van der Waals surface area contributed by atoms with Crippen molar-refractivity contribution >= 4 is 15.9 Å². The minimum atomic E-state index is 0.403. The number of hydrogen-bond donors (Lipinski definition) is 1. The molecule has 1 aliphatic rings. The van der Waals surface area contributed by atoms with Gasteiger partial charge in [-0.25, -0.2) is 4.98 Å². The van der Waals surface area contributed by atoms with Gasteiger partial charge in [0.1, 0.15) is 5.76 Å². The SMILES string of the molecule is Cc1nc(CNC2CCc3c(Br)cccc32)oc1C. The summed E-state index contributed by atoms with van der Waals surface area (Å²) in [7, 11) is 0. The van der Waals surface area contributed by atoms with Gasteiger partial charge in [-0.05, 0) is 43.9 Å². The summed E-state index contributed by atoms with van der Waals surface area (Å²) in [6.45, 7) is 4.61. The Kier molecular flexibility index (Phi) is 3.46. The first-order valence-corrected chi connectivity index (χ1v) is 7.38. The Morgan fingerprint density at radius 3 is 3.00 bits per heavy atom. The van der Waals surface area contributed by atoms with Gasteiger partial charge < -0.3 is 9.73 Å². The molecule has 19 heavy (non-hydrogen) atoms. The lowest BCUT2D eigenvalue weighted by Crippen LogP contribution is -2.18. The van der Waals surface area contributed by atoms with Crippen LogP contribution >= 0.6 is 15.9 Å². The van der Waals surface area contributed by atoms with Gasteiger partial charge in [-0.2, -0.15) is 0 Å². The van der Waals surface area contributed by atoms with Crippen LogP contribution in [0.25, 0.3) is 0 Å². The van der Waals surface area contributed by atoms with Crippen molar-refractivity contribution in [2.24, 2.45) is 0 Å². The van der Waals surface area contributed by atoms with Crippen molar-refractivity contribution in [1.29, 1.82) is 0 Å². The Balaban J connectivity index is 1.71. The lowest BCUT2D eigenvalue weighted by atomic mass is 10.1. The van der Waals surface area contributed by atoms with E-state index in [0.717, 1.165) is 30.2 Å². The molecule has 0 radical (unpaired) electrons. The molecule has 0 saturated heterocycles. The van der Waals surface area contributed by atoms with E-state index in [9.17, 15) is 0 Å². The van der Waals surface area contributed by atoms with Gasteiger partial charge in [0, 0.05) is 10.5 Å². The average Bonchev–Trinajstić information content (AvgIpc) is 2.93. The van der Waals surface area contributed by atoms with E-state index < -0.39 is 0 Å². The molecule has 0 spiro atoms. The number of nitrogens with one attached hydrogen (secondary N) is 1. The molecule has 2 aromatic rings. The normalized spacial score (nSPS) is 17.7. The monoisotopic (exact) mass is 320 g/mol. The van der Waals surface area contributed by atoms with Crippen molar-refractivity contribution in [1.82, 2.24) is 10.3 Å². The van der Waals surface area contributed by atoms with Gasteiger partial charge in [-0.1, -0.05) is 28.1 Å². The zero-order chi connectivity index (χ0) is 13.4. The molecule has 0 aliphatic heterocycles. The molecule has 1 aromatic heterocycles. The Morgan fingerprint density at radius 1 is 1.42 bits per heavy atom. The minimum absolute atomic E-state index is 0.403. The molecule has 0 fully saturated rings. The van der Waals surface area contributed by atoms with E-state index in [2.05, 4.69) is 44.4 Å². The quantitative estimate of drug-likeness (QED) is 0.934. The number of aryl methyl sites for hydroxylation is 2. The number of oxazole rings is 1. The van der Waals surface area contributed by atoms with E-state index in [4.69, 9.17) is 4.42 Å². The van der Waals surface area contributed by atoms with Gasteiger partial charge >= 0.3 is 0 Å². The maximum Gasteiger partial charge on any atom is 0.208 e. The second-order valence-corrected chi connectivity index (χ2v) is 5.88. The van der Waals surface area contributed by atoms with Crippen molar-refractivity contribution in [3.63, 3.8) is 0 Å². The number of hydrogen-bond acceptors (Lipinski definition) is 3. The van der Waals surface area contributed by atoms with Crippen molar-refractivity contribution < 1.29 is 4.42 Å². The molecule has 1 aromatic carbocycles. The maximum absolute atomic E-state index is 5.60. The molecule has 1 heterocycles. The molecule has 3 nitrogen and oxygen atoms in total. The summed E-state index contributed by atoms with van der Waals surface area (Å²) in [6, 6.07) is 6.82. The highest BCUT2D eigenvalue weighted by atomic mass is 79.9. The lowest BCUT2D eigenvalue weighted by Gasteiger charge is -2.12. The number of fused-ring (bicyclic) bond motifs is 1. The van der Waals surface area contributed by atoms with Crippen LogP contribution in [-0.4, -0.2) is 4.98 Å². The second kappa shape index (κ2) is 5.10.